The van der Waals surface area contributed by atoms with Gasteiger partial charge in [-0.05, 0) is 55.0 Å². The molecule has 2 aromatic heterocycles. The smallest absolute Gasteiger partial charge is 0.139 e. The highest BCUT2D eigenvalue weighted by molar-refractivity contribution is 5.81. The van der Waals surface area contributed by atoms with Crippen molar-refractivity contribution in [1.82, 2.24) is 14.5 Å². The van der Waals surface area contributed by atoms with E-state index in [0.717, 1.165) is 34.0 Å². The zero-order valence-corrected chi connectivity index (χ0v) is 14.5. The highest BCUT2D eigenvalue weighted by Gasteiger charge is 2.10. The minimum Gasteiger partial charge on any atom is -0.494 e. The van der Waals surface area contributed by atoms with Crippen molar-refractivity contribution in [3.63, 3.8) is 0 Å². The number of fused-ring (bicyclic) bond motifs is 1. The lowest BCUT2D eigenvalue weighted by atomic mass is 10.2. The van der Waals surface area contributed by atoms with Crippen molar-refractivity contribution in [3.8, 4) is 11.6 Å². The summed E-state index contributed by atoms with van der Waals surface area (Å²) in [6, 6.07) is 22.0. The van der Waals surface area contributed by atoms with Gasteiger partial charge in [0, 0.05) is 6.20 Å². The van der Waals surface area contributed by atoms with Gasteiger partial charge in [0.15, 0.2) is 0 Å². The Balaban J connectivity index is 1.74. The van der Waals surface area contributed by atoms with E-state index in [4.69, 9.17) is 9.72 Å². The molecule has 0 saturated heterocycles. The molecule has 4 rings (SSSR count). The third kappa shape index (κ3) is 3.22. The number of hydrogen-bond acceptors (Lipinski definition) is 3. The molecule has 0 radical (unpaired) electrons. The molecule has 0 fully saturated rings. The second kappa shape index (κ2) is 7.23. The van der Waals surface area contributed by atoms with E-state index in [2.05, 4.69) is 21.7 Å². The van der Waals surface area contributed by atoms with E-state index in [1.807, 2.05) is 73.7 Å². The van der Waals surface area contributed by atoms with Gasteiger partial charge in [-0.25, -0.2) is 9.97 Å². The predicted molar refractivity (Wildman–Crippen MR) is 105 cm³/mol. The Morgan fingerprint density at radius 1 is 0.923 bits per heavy atom. The second-order valence-corrected chi connectivity index (χ2v) is 5.82. The Morgan fingerprint density at radius 3 is 2.50 bits per heavy atom. The highest BCUT2D eigenvalue weighted by atomic mass is 16.5. The van der Waals surface area contributed by atoms with Crippen molar-refractivity contribution >= 4 is 23.2 Å². The molecule has 0 aliphatic carbocycles. The number of nitrogens with zero attached hydrogens (tertiary/aromatic N) is 3. The molecule has 4 nitrogen and oxygen atoms in total. The fourth-order valence-electron chi connectivity index (χ4n) is 2.90. The molecule has 0 aliphatic heterocycles. The Labute approximate surface area is 152 Å². The van der Waals surface area contributed by atoms with Gasteiger partial charge < -0.3 is 4.74 Å². The third-order valence-corrected chi connectivity index (χ3v) is 4.08. The Kier molecular flexibility index (Phi) is 4.48. The van der Waals surface area contributed by atoms with Crippen molar-refractivity contribution in [2.24, 2.45) is 0 Å². The maximum Gasteiger partial charge on any atom is 0.139 e. The molecule has 128 valence electrons. The fourth-order valence-corrected chi connectivity index (χ4v) is 2.90. The van der Waals surface area contributed by atoms with E-state index in [9.17, 15) is 0 Å². The standard InChI is InChI=1S/C22H19N3O/c1-2-26-18-13-10-17(11-14-18)12-15-22-24-19-7-3-4-8-20(19)25(22)21-9-5-6-16-23-21/h3-16H,2H2,1H3/b15-12+. The van der Waals surface area contributed by atoms with E-state index in [1.165, 1.54) is 0 Å². The number of para-hydroxylation sites is 2. The summed E-state index contributed by atoms with van der Waals surface area (Å²) in [6.07, 6.45) is 5.87. The largest absolute Gasteiger partial charge is 0.494 e. The van der Waals surface area contributed by atoms with E-state index in [1.54, 1.807) is 6.20 Å². The summed E-state index contributed by atoms with van der Waals surface area (Å²) in [5.41, 5.74) is 3.08. The second-order valence-electron chi connectivity index (χ2n) is 5.82. The van der Waals surface area contributed by atoms with Gasteiger partial charge in [0.05, 0.1) is 17.6 Å². The van der Waals surface area contributed by atoms with Crippen LogP contribution in [0.25, 0.3) is 29.0 Å². The van der Waals surface area contributed by atoms with Gasteiger partial charge in [-0.15, -0.1) is 0 Å². The first-order valence-corrected chi connectivity index (χ1v) is 8.65. The van der Waals surface area contributed by atoms with Gasteiger partial charge in [-0.1, -0.05) is 36.4 Å². The summed E-state index contributed by atoms with van der Waals surface area (Å²) in [4.78, 5) is 9.25. The van der Waals surface area contributed by atoms with Crippen LogP contribution in [0.5, 0.6) is 5.75 Å². The zero-order valence-electron chi connectivity index (χ0n) is 14.5. The Hall–Kier alpha value is -3.40. The summed E-state index contributed by atoms with van der Waals surface area (Å²) >= 11 is 0. The summed E-state index contributed by atoms with van der Waals surface area (Å²) in [5.74, 6) is 2.58. The van der Waals surface area contributed by atoms with Crippen LogP contribution < -0.4 is 4.74 Å². The van der Waals surface area contributed by atoms with Gasteiger partial charge in [0.2, 0.25) is 0 Å². The summed E-state index contributed by atoms with van der Waals surface area (Å²) in [6.45, 7) is 2.65. The normalized spacial score (nSPS) is 11.3. The molecule has 2 aromatic carbocycles. The SMILES string of the molecule is CCOc1ccc(/C=C/c2nc3ccccc3n2-c2ccccn2)cc1. The summed E-state index contributed by atoms with van der Waals surface area (Å²) < 4.78 is 7.56. The molecule has 0 N–H and O–H groups in total. The number of imidazole rings is 1. The van der Waals surface area contributed by atoms with Gasteiger partial charge in [0.25, 0.3) is 0 Å². The van der Waals surface area contributed by atoms with E-state index in [-0.39, 0.29) is 0 Å². The molecule has 4 heteroatoms. The van der Waals surface area contributed by atoms with Crippen LogP contribution in [0.2, 0.25) is 0 Å². The molecular formula is C22H19N3O. The molecule has 0 aliphatic rings. The van der Waals surface area contributed by atoms with Crippen molar-refractivity contribution in [2.45, 2.75) is 6.92 Å². The topological polar surface area (TPSA) is 39.9 Å². The quantitative estimate of drug-likeness (QED) is 0.513. The number of rotatable bonds is 5. The number of pyridine rings is 1. The highest BCUT2D eigenvalue weighted by Crippen LogP contribution is 2.22. The summed E-state index contributed by atoms with van der Waals surface area (Å²) in [5, 5.41) is 0. The maximum absolute atomic E-state index is 5.49. The van der Waals surface area contributed by atoms with Crippen molar-refractivity contribution < 1.29 is 4.74 Å². The molecule has 0 spiro atoms. The van der Waals surface area contributed by atoms with Crippen LogP contribution in [-0.4, -0.2) is 21.1 Å². The van der Waals surface area contributed by atoms with Crippen LogP contribution in [0.3, 0.4) is 0 Å². The molecule has 0 bridgehead atoms. The fraction of sp³-hybridized carbons (Fsp3) is 0.0909. The van der Waals surface area contributed by atoms with Gasteiger partial charge in [0.1, 0.15) is 17.4 Å². The first-order chi connectivity index (χ1) is 12.8. The van der Waals surface area contributed by atoms with Crippen LogP contribution in [0.15, 0.2) is 72.9 Å². The molecule has 26 heavy (non-hydrogen) atoms. The van der Waals surface area contributed by atoms with Crippen molar-refractivity contribution in [2.75, 3.05) is 6.61 Å². The van der Waals surface area contributed by atoms with E-state index >= 15 is 0 Å². The monoisotopic (exact) mass is 341 g/mol. The minimum absolute atomic E-state index is 0.670. The lowest BCUT2D eigenvalue weighted by molar-refractivity contribution is 0.340. The van der Waals surface area contributed by atoms with E-state index in [0.29, 0.717) is 6.61 Å². The van der Waals surface area contributed by atoms with Crippen LogP contribution in [0, 0.1) is 0 Å². The molecular weight excluding hydrogens is 322 g/mol. The van der Waals surface area contributed by atoms with Crippen LogP contribution in [-0.2, 0) is 0 Å². The van der Waals surface area contributed by atoms with Gasteiger partial charge in [-0.2, -0.15) is 0 Å². The summed E-state index contributed by atoms with van der Waals surface area (Å²) in [7, 11) is 0. The third-order valence-electron chi connectivity index (χ3n) is 4.08. The van der Waals surface area contributed by atoms with Crippen molar-refractivity contribution in [3.05, 3.63) is 84.3 Å². The molecule has 0 atom stereocenters. The Morgan fingerprint density at radius 2 is 1.73 bits per heavy atom. The zero-order chi connectivity index (χ0) is 17.8. The lowest BCUT2D eigenvalue weighted by Crippen LogP contribution is -1.99. The van der Waals surface area contributed by atoms with Crippen LogP contribution in [0.4, 0.5) is 0 Å². The first-order valence-electron chi connectivity index (χ1n) is 8.65. The Bertz CT molecular complexity index is 1030. The molecule has 4 aromatic rings. The number of hydrogen-bond donors (Lipinski definition) is 0. The van der Waals surface area contributed by atoms with Gasteiger partial charge in [-0.3, -0.25) is 4.57 Å². The van der Waals surface area contributed by atoms with E-state index < -0.39 is 0 Å². The number of ether oxygens (including phenoxy) is 1. The average molecular weight is 341 g/mol. The van der Waals surface area contributed by atoms with Crippen LogP contribution in [0.1, 0.15) is 18.3 Å². The first kappa shape index (κ1) is 16.1. The van der Waals surface area contributed by atoms with Gasteiger partial charge >= 0.3 is 0 Å². The molecule has 0 saturated carbocycles. The lowest BCUT2D eigenvalue weighted by Gasteiger charge is -2.05. The predicted octanol–water partition coefficient (Wildman–Crippen LogP) is 4.99. The number of benzene rings is 2. The van der Waals surface area contributed by atoms with Crippen LogP contribution >= 0.6 is 0 Å². The van der Waals surface area contributed by atoms with Crippen molar-refractivity contribution in [1.29, 1.82) is 0 Å². The molecule has 0 unspecified atom stereocenters. The molecule has 0 amide bonds. The molecule has 2 heterocycles. The number of aromatic nitrogens is 3. The maximum atomic E-state index is 5.49. The average Bonchev–Trinajstić information content (AvgIpc) is 3.07. The minimum atomic E-state index is 0.670.